The molecule has 0 saturated carbocycles. The largest absolute Gasteiger partial charge is 0.465 e. The highest BCUT2D eigenvalue weighted by molar-refractivity contribution is 6.31. The van der Waals surface area contributed by atoms with Crippen molar-refractivity contribution in [3.63, 3.8) is 0 Å². The van der Waals surface area contributed by atoms with Gasteiger partial charge in [-0.05, 0) is 25.1 Å². The molecule has 1 aromatic rings. The van der Waals surface area contributed by atoms with Crippen molar-refractivity contribution in [3.05, 3.63) is 28.8 Å². The lowest BCUT2D eigenvalue weighted by Gasteiger charge is -2.16. The molecule has 0 spiro atoms. The van der Waals surface area contributed by atoms with Crippen LogP contribution in [0.15, 0.2) is 18.2 Å². The fourth-order valence-electron chi connectivity index (χ4n) is 1.48. The first-order valence-electron chi connectivity index (χ1n) is 5.21. The molecule has 0 bridgehead atoms. The van der Waals surface area contributed by atoms with Crippen molar-refractivity contribution in [1.82, 2.24) is 0 Å². The van der Waals surface area contributed by atoms with Gasteiger partial charge < -0.3 is 14.8 Å². The van der Waals surface area contributed by atoms with Crippen molar-refractivity contribution in [3.8, 4) is 0 Å². The summed E-state index contributed by atoms with van der Waals surface area (Å²) < 4.78 is 9.73. The van der Waals surface area contributed by atoms with Gasteiger partial charge in [0.15, 0.2) is 0 Å². The Labute approximate surface area is 106 Å². The van der Waals surface area contributed by atoms with E-state index in [4.69, 9.17) is 21.1 Å². The third kappa shape index (κ3) is 3.91. The van der Waals surface area contributed by atoms with E-state index >= 15 is 0 Å². The molecule has 1 aromatic carbocycles. The second-order valence-electron chi connectivity index (χ2n) is 3.68. The molecule has 0 saturated heterocycles. The number of carbonyl (C=O) groups excluding carboxylic acids is 1. The summed E-state index contributed by atoms with van der Waals surface area (Å²) in [4.78, 5) is 11.6. The van der Waals surface area contributed by atoms with Crippen LogP contribution in [0.3, 0.4) is 0 Å². The molecule has 0 aliphatic rings. The van der Waals surface area contributed by atoms with E-state index in [1.54, 1.807) is 25.3 Å². The van der Waals surface area contributed by atoms with Crippen LogP contribution < -0.4 is 5.32 Å². The normalized spacial score (nSPS) is 12.0. The first-order valence-corrected chi connectivity index (χ1v) is 5.59. The van der Waals surface area contributed by atoms with Crippen molar-refractivity contribution in [2.24, 2.45) is 0 Å². The number of nitrogens with one attached hydrogen (secondary N) is 1. The van der Waals surface area contributed by atoms with Gasteiger partial charge in [-0.25, -0.2) is 4.79 Å². The van der Waals surface area contributed by atoms with E-state index in [0.29, 0.717) is 22.9 Å². The molecular formula is C12H16ClNO3. The van der Waals surface area contributed by atoms with E-state index in [1.807, 2.05) is 6.92 Å². The van der Waals surface area contributed by atoms with E-state index < -0.39 is 5.97 Å². The Morgan fingerprint density at radius 1 is 1.47 bits per heavy atom. The number of methoxy groups -OCH3 is 2. The van der Waals surface area contributed by atoms with Crippen molar-refractivity contribution in [2.45, 2.75) is 13.0 Å². The maximum absolute atomic E-state index is 11.6. The van der Waals surface area contributed by atoms with Crippen LogP contribution in [0, 0.1) is 0 Å². The monoisotopic (exact) mass is 257 g/mol. The second kappa shape index (κ2) is 6.47. The summed E-state index contributed by atoms with van der Waals surface area (Å²) in [5.74, 6) is -0.417. The Morgan fingerprint density at radius 2 is 2.18 bits per heavy atom. The molecule has 94 valence electrons. The summed E-state index contributed by atoms with van der Waals surface area (Å²) in [5.41, 5.74) is 1.11. The Morgan fingerprint density at radius 3 is 2.76 bits per heavy atom. The maximum Gasteiger partial charge on any atom is 0.340 e. The number of carbonyl (C=O) groups is 1. The van der Waals surface area contributed by atoms with Gasteiger partial charge in [-0.2, -0.15) is 0 Å². The predicted octanol–water partition coefficient (Wildman–Crippen LogP) is 2.57. The number of anilines is 1. The highest BCUT2D eigenvalue weighted by Gasteiger charge is 2.14. The van der Waals surface area contributed by atoms with E-state index in [2.05, 4.69) is 5.32 Å². The van der Waals surface area contributed by atoms with Crippen LogP contribution >= 0.6 is 11.6 Å². The Hall–Kier alpha value is -1.26. The summed E-state index contributed by atoms with van der Waals surface area (Å²) >= 11 is 5.86. The number of benzene rings is 1. The molecule has 17 heavy (non-hydrogen) atoms. The van der Waals surface area contributed by atoms with Crippen molar-refractivity contribution in [1.29, 1.82) is 0 Å². The summed E-state index contributed by atoms with van der Waals surface area (Å²) in [6.07, 6.45) is 0. The zero-order valence-corrected chi connectivity index (χ0v) is 10.9. The summed E-state index contributed by atoms with van der Waals surface area (Å²) in [5, 5.41) is 3.67. The summed E-state index contributed by atoms with van der Waals surface area (Å²) in [6.45, 7) is 2.50. The SMILES string of the molecule is COCC(C)Nc1ccc(Cl)cc1C(=O)OC. The van der Waals surface area contributed by atoms with Gasteiger partial charge in [-0.15, -0.1) is 0 Å². The van der Waals surface area contributed by atoms with Crippen LogP contribution in [-0.2, 0) is 9.47 Å². The molecular weight excluding hydrogens is 242 g/mol. The van der Waals surface area contributed by atoms with Crippen LogP contribution in [0.1, 0.15) is 17.3 Å². The highest BCUT2D eigenvalue weighted by atomic mass is 35.5. The molecule has 0 amide bonds. The maximum atomic E-state index is 11.6. The zero-order chi connectivity index (χ0) is 12.8. The van der Waals surface area contributed by atoms with Crippen molar-refractivity contribution in [2.75, 3.05) is 26.1 Å². The molecule has 1 atom stereocenters. The molecule has 5 heteroatoms. The van der Waals surface area contributed by atoms with Gasteiger partial charge in [0.05, 0.1) is 19.3 Å². The van der Waals surface area contributed by atoms with Gasteiger partial charge in [0.25, 0.3) is 0 Å². The minimum Gasteiger partial charge on any atom is -0.465 e. The van der Waals surface area contributed by atoms with Crippen LogP contribution in [0.4, 0.5) is 5.69 Å². The average Bonchev–Trinajstić information content (AvgIpc) is 2.30. The number of esters is 1. The molecule has 0 aliphatic carbocycles. The van der Waals surface area contributed by atoms with Crippen LogP contribution in [0.5, 0.6) is 0 Å². The lowest BCUT2D eigenvalue weighted by molar-refractivity contribution is 0.0601. The number of hydrogen-bond acceptors (Lipinski definition) is 4. The standard InChI is InChI=1S/C12H16ClNO3/c1-8(7-16-2)14-11-5-4-9(13)6-10(11)12(15)17-3/h4-6,8,14H,7H2,1-3H3. The van der Waals surface area contributed by atoms with Crippen molar-refractivity contribution >= 4 is 23.3 Å². The highest BCUT2D eigenvalue weighted by Crippen LogP contribution is 2.22. The van der Waals surface area contributed by atoms with E-state index in [-0.39, 0.29) is 6.04 Å². The molecule has 0 aromatic heterocycles. The number of hydrogen-bond donors (Lipinski definition) is 1. The minimum atomic E-state index is -0.417. The quantitative estimate of drug-likeness (QED) is 0.824. The molecule has 0 fully saturated rings. The average molecular weight is 258 g/mol. The van der Waals surface area contributed by atoms with Gasteiger partial charge >= 0.3 is 5.97 Å². The Bertz CT molecular complexity index is 395. The third-order valence-electron chi connectivity index (χ3n) is 2.21. The Kier molecular flexibility index (Phi) is 5.25. The molecule has 0 heterocycles. The van der Waals surface area contributed by atoms with Gasteiger partial charge in [0.1, 0.15) is 0 Å². The lowest BCUT2D eigenvalue weighted by atomic mass is 10.1. The van der Waals surface area contributed by atoms with Gasteiger partial charge in [0.2, 0.25) is 0 Å². The number of ether oxygens (including phenoxy) is 2. The summed E-state index contributed by atoms with van der Waals surface area (Å²) in [6, 6.07) is 5.14. The van der Waals surface area contributed by atoms with Crippen LogP contribution in [-0.4, -0.2) is 32.8 Å². The van der Waals surface area contributed by atoms with Gasteiger partial charge in [-0.1, -0.05) is 11.6 Å². The molecule has 1 N–H and O–H groups in total. The second-order valence-corrected chi connectivity index (χ2v) is 4.12. The minimum absolute atomic E-state index is 0.0876. The predicted molar refractivity (Wildman–Crippen MR) is 67.8 cm³/mol. The fourth-order valence-corrected chi connectivity index (χ4v) is 1.65. The van der Waals surface area contributed by atoms with Crippen LogP contribution in [0.25, 0.3) is 0 Å². The number of rotatable bonds is 5. The smallest absolute Gasteiger partial charge is 0.340 e. The third-order valence-corrected chi connectivity index (χ3v) is 2.44. The molecule has 4 nitrogen and oxygen atoms in total. The first kappa shape index (κ1) is 13.8. The number of halogens is 1. The topological polar surface area (TPSA) is 47.6 Å². The molecule has 0 aliphatic heterocycles. The van der Waals surface area contributed by atoms with Gasteiger partial charge in [0, 0.05) is 23.9 Å². The fraction of sp³-hybridized carbons (Fsp3) is 0.417. The zero-order valence-electron chi connectivity index (χ0n) is 10.1. The Balaban J connectivity index is 2.94. The van der Waals surface area contributed by atoms with Crippen LogP contribution in [0.2, 0.25) is 5.02 Å². The van der Waals surface area contributed by atoms with Crippen molar-refractivity contribution < 1.29 is 14.3 Å². The van der Waals surface area contributed by atoms with E-state index in [0.717, 1.165) is 0 Å². The first-order chi connectivity index (χ1) is 8.08. The molecule has 0 radical (unpaired) electrons. The van der Waals surface area contributed by atoms with Gasteiger partial charge in [-0.3, -0.25) is 0 Å². The molecule has 1 unspecified atom stereocenters. The summed E-state index contributed by atoms with van der Waals surface area (Å²) in [7, 11) is 2.97. The molecule has 1 rings (SSSR count). The lowest BCUT2D eigenvalue weighted by Crippen LogP contribution is -2.22. The van der Waals surface area contributed by atoms with E-state index in [1.165, 1.54) is 7.11 Å². The van der Waals surface area contributed by atoms with E-state index in [9.17, 15) is 4.79 Å².